The maximum Gasteiger partial charge on any atom is 0.417 e. The van der Waals surface area contributed by atoms with Crippen LogP contribution in [0, 0.1) is 17.8 Å². The van der Waals surface area contributed by atoms with E-state index in [1.54, 1.807) is 0 Å². The highest BCUT2D eigenvalue weighted by Crippen LogP contribution is 2.72. The van der Waals surface area contributed by atoms with Crippen molar-refractivity contribution in [1.82, 2.24) is 4.90 Å². The van der Waals surface area contributed by atoms with Crippen LogP contribution < -0.4 is 0 Å². The molecular formula is C22H41NO3Si. The largest absolute Gasteiger partial charge is 0.443 e. The summed E-state index contributed by atoms with van der Waals surface area (Å²) in [5, 5.41) is 0. The number of unbranched alkanes of at least 4 members (excludes halogenated alkanes) is 4. The van der Waals surface area contributed by atoms with Gasteiger partial charge in [-0.05, 0) is 44.6 Å². The van der Waals surface area contributed by atoms with E-state index < -0.39 is 19.8 Å². The molecule has 156 valence electrons. The summed E-state index contributed by atoms with van der Waals surface area (Å²) in [5.74, 6) is 1.25. The number of amides is 2. The molecule has 1 heterocycles. The molecule has 2 aliphatic carbocycles. The number of fused-ring (bicyclic) bond motifs is 5. The zero-order valence-corrected chi connectivity index (χ0v) is 19.8. The van der Waals surface area contributed by atoms with Gasteiger partial charge in [0.15, 0.2) is 0 Å². The van der Waals surface area contributed by atoms with E-state index in [1.165, 1.54) is 37.0 Å². The second-order valence-electron chi connectivity index (χ2n) is 10.7. The third-order valence-electron chi connectivity index (χ3n) is 6.22. The molecule has 0 radical (unpaired) electrons. The minimum atomic E-state index is -1.23. The molecular weight excluding hydrogens is 354 g/mol. The number of carbonyl (C=O) groups is 2. The normalized spacial score (nSPS) is 31.3. The van der Waals surface area contributed by atoms with Crippen LogP contribution in [0.2, 0.25) is 25.2 Å². The van der Waals surface area contributed by atoms with E-state index in [9.17, 15) is 9.59 Å². The first-order valence-electron chi connectivity index (χ1n) is 11.0. The van der Waals surface area contributed by atoms with Crippen molar-refractivity contribution in [1.29, 1.82) is 0 Å². The van der Waals surface area contributed by atoms with E-state index in [1.807, 2.05) is 20.8 Å². The van der Waals surface area contributed by atoms with Gasteiger partial charge in [-0.1, -0.05) is 65.6 Å². The lowest BCUT2D eigenvalue weighted by molar-refractivity contribution is -0.133. The molecule has 2 saturated carbocycles. The van der Waals surface area contributed by atoms with E-state index in [0.29, 0.717) is 17.4 Å². The Kier molecular flexibility index (Phi) is 6.87. The van der Waals surface area contributed by atoms with Crippen molar-refractivity contribution in [2.75, 3.05) is 0 Å². The smallest absolute Gasteiger partial charge is 0.417 e. The molecule has 2 amide bonds. The number of imide groups is 1. The van der Waals surface area contributed by atoms with Crippen LogP contribution in [0.15, 0.2) is 0 Å². The van der Waals surface area contributed by atoms with Gasteiger partial charge >= 0.3 is 6.09 Å². The van der Waals surface area contributed by atoms with Crippen molar-refractivity contribution in [2.45, 2.75) is 110 Å². The van der Waals surface area contributed by atoms with E-state index in [4.69, 9.17) is 4.74 Å². The summed E-state index contributed by atoms with van der Waals surface area (Å²) >= 11 is 0. The second-order valence-corrected chi connectivity index (χ2v) is 16.1. The van der Waals surface area contributed by atoms with Crippen LogP contribution in [0.1, 0.15) is 73.1 Å². The Labute approximate surface area is 167 Å². The minimum absolute atomic E-state index is 0.0197. The van der Waals surface area contributed by atoms with Crippen LogP contribution in [-0.2, 0) is 9.53 Å². The van der Waals surface area contributed by atoms with Gasteiger partial charge < -0.3 is 4.74 Å². The third-order valence-corrected chi connectivity index (χ3v) is 8.99. The first kappa shape index (κ1) is 22.4. The average molecular weight is 396 g/mol. The highest BCUT2D eigenvalue weighted by atomic mass is 28.3. The van der Waals surface area contributed by atoms with Crippen molar-refractivity contribution >= 4 is 20.1 Å². The topological polar surface area (TPSA) is 46.6 Å². The summed E-state index contributed by atoms with van der Waals surface area (Å²) in [6.45, 7) is 17.1. The fourth-order valence-corrected chi connectivity index (χ4v) is 8.30. The molecule has 3 rings (SSSR count). The van der Waals surface area contributed by atoms with E-state index >= 15 is 0 Å². The molecule has 4 nitrogen and oxygen atoms in total. The molecule has 3 fully saturated rings. The number of rotatable bonds is 5. The Hall–Kier alpha value is -0.843. The predicted octanol–water partition coefficient (Wildman–Crippen LogP) is 6.08. The van der Waals surface area contributed by atoms with Crippen molar-refractivity contribution in [2.24, 2.45) is 17.8 Å². The van der Waals surface area contributed by atoms with Crippen LogP contribution in [0.3, 0.4) is 0 Å². The molecule has 5 heteroatoms. The highest BCUT2D eigenvalue weighted by molar-refractivity contribution is 6.78. The van der Waals surface area contributed by atoms with Gasteiger partial charge in [-0.2, -0.15) is 0 Å². The molecule has 1 saturated heterocycles. The maximum atomic E-state index is 12.4. The standard InChI is InChI=1S/C15H25NO3Si.C7H16/c1-15(2,3)19-14(18)16-9-7-8(13(16)17)10-11(9)12(10)20(4,5)6;1-3-5-7-6-4-2/h8-12H,7H2,1-6H3;3-7H2,1-2H3/t8-,9+,10+,11-,12?;/m0./s1. The predicted molar refractivity (Wildman–Crippen MR) is 113 cm³/mol. The Morgan fingerprint density at radius 1 is 1.07 bits per heavy atom. The van der Waals surface area contributed by atoms with Gasteiger partial charge in [0.25, 0.3) is 0 Å². The Morgan fingerprint density at radius 2 is 1.63 bits per heavy atom. The van der Waals surface area contributed by atoms with Crippen molar-refractivity contribution < 1.29 is 14.3 Å². The molecule has 0 aromatic rings. The van der Waals surface area contributed by atoms with Crippen LogP contribution in [-0.4, -0.2) is 36.6 Å². The monoisotopic (exact) mass is 395 g/mol. The molecule has 0 aromatic heterocycles. The van der Waals surface area contributed by atoms with Gasteiger partial charge in [-0.25, -0.2) is 9.69 Å². The molecule has 1 aliphatic heterocycles. The summed E-state index contributed by atoms with van der Waals surface area (Å²) < 4.78 is 5.41. The van der Waals surface area contributed by atoms with Crippen molar-refractivity contribution in [3.8, 4) is 0 Å². The molecule has 3 aliphatic rings. The molecule has 5 atom stereocenters. The van der Waals surface area contributed by atoms with Gasteiger partial charge in [-0.3, -0.25) is 4.79 Å². The minimum Gasteiger partial charge on any atom is -0.443 e. The van der Waals surface area contributed by atoms with E-state index in [-0.39, 0.29) is 17.9 Å². The van der Waals surface area contributed by atoms with Gasteiger partial charge in [0.1, 0.15) is 5.60 Å². The quantitative estimate of drug-likeness (QED) is 0.418. The van der Waals surface area contributed by atoms with E-state index in [0.717, 1.165) is 6.42 Å². The van der Waals surface area contributed by atoms with Gasteiger partial charge in [0.05, 0.1) is 0 Å². The number of carbonyl (C=O) groups excluding carboxylic acids is 2. The third kappa shape index (κ3) is 4.96. The molecule has 0 N–H and O–H groups in total. The lowest BCUT2D eigenvalue weighted by Crippen LogP contribution is -2.45. The molecule has 27 heavy (non-hydrogen) atoms. The number of nitrogens with zero attached hydrogens (tertiary/aromatic N) is 1. The second kappa shape index (κ2) is 8.26. The highest BCUT2D eigenvalue weighted by Gasteiger charge is 2.74. The first-order chi connectivity index (χ1) is 12.4. The Bertz CT molecular complexity index is 545. The van der Waals surface area contributed by atoms with Crippen LogP contribution >= 0.6 is 0 Å². The molecule has 0 aromatic carbocycles. The first-order valence-corrected chi connectivity index (χ1v) is 14.6. The number of ether oxygens (including phenoxy) is 1. The molecule has 0 spiro atoms. The van der Waals surface area contributed by atoms with Crippen molar-refractivity contribution in [3.05, 3.63) is 0 Å². The van der Waals surface area contributed by atoms with Gasteiger partial charge in [0, 0.05) is 20.0 Å². The zero-order valence-electron chi connectivity index (χ0n) is 18.8. The SMILES string of the molecule is CC(C)(C)OC(=O)N1C(=O)[C@H]2C[C@@H]1[C@@H]1C([Si](C)(C)C)[C@@H]12.CCCCCCC. The number of likely N-dealkylation sites (tertiary alicyclic amines) is 1. The maximum absolute atomic E-state index is 12.4. The number of piperidine rings is 1. The lowest BCUT2D eigenvalue weighted by Gasteiger charge is -2.29. The van der Waals surface area contributed by atoms with Gasteiger partial charge in [0.2, 0.25) is 5.91 Å². The summed E-state index contributed by atoms with van der Waals surface area (Å²) in [7, 11) is -1.23. The Balaban J connectivity index is 0.000000321. The molecule has 2 bridgehead atoms. The Morgan fingerprint density at radius 3 is 2.07 bits per heavy atom. The van der Waals surface area contributed by atoms with Crippen LogP contribution in [0.4, 0.5) is 4.79 Å². The summed E-state index contributed by atoms with van der Waals surface area (Å²) in [5.41, 5.74) is 0.169. The fraction of sp³-hybridized carbons (Fsp3) is 0.909. The number of hydrogen-bond donors (Lipinski definition) is 0. The summed E-state index contributed by atoms with van der Waals surface area (Å²) in [6.07, 6.45) is 7.44. The van der Waals surface area contributed by atoms with Gasteiger partial charge in [-0.15, -0.1) is 0 Å². The summed E-state index contributed by atoms with van der Waals surface area (Å²) in [6, 6.07) is 0.115. The van der Waals surface area contributed by atoms with E-state index in [2.05, 4.69) is 33.5 Å². The summed E-state index contributed by atoms with van der Waals surface area (Å²) in [4.78, 5) is 26.2. The number of hydrogen-bond acceptors (Lipinski definition) is 3. The van der Waals surface area contributed by atoms with Crippen LogP contribution in [0.25, 0.3) is 0 Å². The fourth-order valence-electron chi connectivity index (χ4n) is 5.20. The van der Waals surface area contributed by atoms with Crippen LogP contribution in [0.5, 0.6) is 0 Å². The van der Waals surface area contributed by atoms with Crippen molar-refractivity contribution in [3.63, 3.8) is 0 Å². The zero-order chi connectivity index (χ0) is 20.6. The molecule has 1 unspecified atom stereocenters. The average Bonchev–Trinajstić information content (AvgIpc) is 3.07. The lowest BCUT2D eigenvalue weighted by atomic mass is 10.1.